The van der Waals surface area contributed by atoms with Crippen LogP contribution in [0.25, 0.3) is 0 Å². The molecule has 0 aromatic heterocycles. The molecular formula is C25H25FN2O4S. The van der Waals surface area contributed by atoms with Gasteiger partial charge in [-0.15, -0.1) is 0 Å². The average molecular weight is 469 g/mol. The fourth-order valence-corrected chi connectivity index (χ4v) is 4.80. The van der Waals surface area contributed by atoms with Gasteiger partial charge in [0.2, 0.25) is 5.91 Å². The molecule has 1 amide bonds. The Morgan fingerprint density at radius 2 is 1.73 bits per heavy atom. The number of hydrogen-bond donors (Lipinski definition) is 1. The normalized spacial score (nSPS) is 11.2. The van der Waals surface area contributed by atoms with E-state index in [1.54, 1.807) is 31.2 Å². The summed E-state index contributed by atoms with van der Waals surface area (Å²) >= 11 is 0. The molecule has 0 aliphatic heterocycles. The van der Waals surface area contributed by atoms with E-state index in [0.29, 0.717) is 12.0 Å². The van der Waals surface area contributed by atoms with Crippen molar-refractivity contribution in [2.75, 3.05) is 10.8 Å². The van der Waals surface area contributed by atoms with Crippen LogP contribution in [-0.2, 0) is 21.4 Å². The van der Waals surface area contributed by atoms with E-state index in [1.807, 2.05) is 19.9 Å². The van der Waals surface area contributed by atoms with Crippen molar-refractivity contribution in [3.05, 3.63) is 94.3 Å². The molecule has 0 spiro atoms. The third-order valence-corrected chi connectivity index (χ3v) is 7.20. The van der Waals surface area contributed by atoms with Crippen LogP contribution in [0.1, 0.15) is 32.6 Å². The molecule has 3 aromatic rings. The lowest BCUT2D eigenvalue weighted by atomic mass is 10.1. The second kappa shape index (κ2) is 9.95. The summed E-state index contributed by atoms with van der Waals surface area (Å²) in [6.45, 7) is 4.83. The zero-order chi connectivity index (χ0) is 24.2. The number of halogens is 1. The zero-order valence-electron chi connectivity index (χ0n) is 18.6. The summed E-state index contributed by atoms with van der Waals surface area (Å²) in [6.07, 6.45) is 0.584. The highest BCUT2D eigenvalue weighted by atomic mass is 32.2. The van der Waals surface area contributed by atoms with Gasteiger partial charge in [0.1, 0.15) is 18.6 Å². The minimum absolute atomic E-state index is 0.0616. The second-order valence-electron chi connectivity index (χ2n) is 7.79. The van der Waals surface area contributed by atoms with Gasteiger partial charge in [-0.1, -0.05) is 29.8 Å². The van der Waals surface area contributed by atoms with Crippen molar-refractivity contribution in [1.29, 1.82) is 0 Å². The Bertz CT molecular complexity index is 1290. The lowest BCUT2D eigenvalue weighted by Crippen LogP contribution is -2.41. The standard InChI is InChI=1S/C25H25FN2O4S/c1-17-7-10-22(11-8-17)33(31,32)28(24-6-4-5-18(2)19(24)3)15-25(30)27-14-21-13-20(16-29)9-12-23(21)26/h4-13,16H,14-15H2,1-3H3,(H,27,30). The van der Waals surface area contributed by atoms with Crippen molar-refractivity contribution in [2.24, 2.45) is 0 Å². The van der Waals surface area contributed by atoms with Crippen molar-refractivity contribution in [3.8, 4) is 0 Å². The number of rotatable bonds is 8. The first-order valence-corrected chi connectivity index (χ1v) is 11.7. The Morgan fingerprint density at radius 1 is 1.03 bits per heavy atom. The van der Waals surface area contributed by atoms with Crippen LogP contribution >= 0.6 is 0 Å². The van der Waals surface area contributed by atoms with Crippen LogP contribution in [0.4, 0.5) is 10.1 Å². The third-order valence-electron chi connectivity index (χ3n) is 5.42. The predicted octanol–water partition coefficient (Wildman–Crippen LogP) is 4.08. The Kier molecular flexibility index (Phi) is 7.28. The number of nitrogens with zero attached hydrogens (tertiary/aromatic N) is 1. The summed E-state index contributed by atoms with van der Waals surface area (Å²) in [5.41, 5.74) is 3.31. The zero-order valence-corrected chi connectivity index (χ0v) is 19.4. The summed E-state index contributed by atoms with van der Waals surface area (Å²) in [7, 11) is -4.05. The van der Waals surface area contributed by atoms with E-state index in [4.69, 9.17) is 0 Å². The molecule has 3 aromatic carbocycles. The van der Waals surface area contributed by atoms with Crippen molar-refractivity contribution in [3.63, 3.8) is 0 Å². The molecule has 172 valence electrons. The molecule has 0 aliphatic rings. The number of carbonyl (C=O) groups is 2. The molecule has 0 radical (unpaired) electrons. The summed E-state index contributed by atoms with van der Waals surface area (Å²) in [6, 6.07) is 15.4. The van der Waals surface area contributed by atoms with Crippen molar-refractivity contribution < 1.29 is 22.4 Å². The molecule has 1 N–H and O–H groups in total. The van der Waals surface area contributed by atoms with Crippen LogP contribution < -0.4 is 9.62 Å². The maximum atomic E-state index is 14.1. The molecule has 0 unspecified atom stereocenters. The number of anilines is 1. The fraction of sp³-hybridized carbons (Fsp3) is 0.200. The van der Waals surface area contributed by atoms with Crippen LogP contribution in [-0.4, -0.2) is 27.2 Å². The van der Waals surface area contributed by atoms with E-state index in [1.165, 1.54) is 24.3 Å². The second-order valence-corrected chi connectivity index (χ2v) is 9.65. The van der Waals surface area contributed by atoms with Crippen LogP contribution in [0.3, 0.4) is 0 Å². The Morgan fingerprint density at radius 3 is 2.39 bits per heavy atom. The number of carbonyl (C=O) groups excluding carboxylic acids is 2. The molecule has 0 atom stereocenters. The van der Waals surface area contributed by atoms with Gasteiger partial charge in [0.25, 0.3) is 10.0 Å². The van der Waals surface area contributed by atoms with Gasteiger partial charge in [-0.05, 0) is 68.3 Å². The van der Waals surface area contributed by atoms with Crippen LogP contribution in [0.5, 0.6) is 0 Å². The van der Waals surface area contributed by atoms with E-state index < -0.39 is 28.3 Å². The molecule has 0 heterocycles. The van der Waals surface area contributed by atoms with Crippen LogP contribution in [0.15, 0.2) is 65.6 Å². The highest BCUT2D eigenvalue weighted by molar-refractivity contribution is 7.92. The quantitative estimate of drug-likeness (QED) is 0.505. The molecule has 8 heteroatoms. The number of benzene rings is 3. The molecule has 3 rings (SSSR count). The third kappa shape index (κ3) is 5.46. The van der Waals surface area contributed by atoms with Gasteiger partial charge < -0.3 is 5.32 Å². The van der Waals surface area contributed by atoms with E-state index in [9.17, 15) is 22.4 Å². The highest BCUT2D eigenvalue weighted by Gasteiger charge is 2.28. The summed E-state index contributed by atoms with van der Waals surface area (Å²) < 4.78 is 42.1. The van der Waals surface area contributed by atoms with Crippen molar-refractivity contribution in [2.45, 2.75) is 32.2 Å². The molecule has 0 saturated heterocycles. The van der Waals surface area contributed by atoms with E-state index in [0.717, 1.165) is 27.1 Å². The van der Waals surface area contributed by atoms with Crippen LogP contribution in [0.2, 0.25) is 0 Å². The number of hydrogen-bond acceptors (Lipinski definition) is 4. The van der Waals surface area contributed by atoms with Gasteiger partial charge in [-0.2, -0.15) is 0 Å². The molecule has 0 bridgehead atoms. The maximum Gasteiger partial charge on any atom is 0.264 e. The largest absolute Gasteiger partial charge is 0.350 e. The minimum Gasteiger partial charge on any atom is -0.350 e. The highest BCUT2D eigenvalue weighted by Crippen LogP contribution is 2.28. The lowest BCUT2D eigenvalue weighted by molar-refractivity contribution is -0.119. The summed E-state index contributed by atoms with van der Waals surface area (Å²) in [5, 5.41) is 2.56. The number of sulfonamides is 1. The summed E-state index contributed by atoms with van der Waals surface area (Å²) in [5.74, 6) is -1.18. The van der Waals surface area contributed by atoms with Gasteiger partial charge in [0.05, 0.1) is 10.6 Å². The molecule has 6 nitrogen and oxygen atoms in total. The number of nitrogens with one attached hydrogen (secondary N) is 1. The van der Waals surface area contributed by atoms with E-state index >= 15 is 0 Å². The number of amides is 1. The maximum absolute atomic E-state index is 14.1. The van der Waals surface area contributed by atoms with E-state index in [2.05, 4.69) is 5.32 Å². The summed E-state index contributed by atoms with van der Waals surface area (Å²) in [4.78, 5) is 23.8. The Balaban J connectivity index is 1.92. The molecule has 33 heavy (non-hydrogen) atoms. The predicted molar refractivity (Wildman–Crippen MR) is 125 cm³/mol. The molecule has 0 saturated carbocycles. The monoisotopic (exact) mass is 468 g/mol. The molecule has 0 aliphatic carbocycles. The molecule has 0 fully saturated rings. The van der Waals surface area contributed by atoms with Gasteiger partial charge in [-0.3, -0.25) is 13.9 Å². The number of aldehydes is 1. The van der Waals surface area contributed by atoms with Gasteiger partial charge >= 0.3 is 0 Å². The van der Waals surface area contributed by atoms with Gasteiger partial charge in [0.15, 0.2) is 0 Å². The fourth-order valence-electron chi connectivity index (χ4n) is 3.33. The Hall–Kier alpha value is -3.52. The lowest BCUT2D eigenvalue weighted by Gasteiger charge is -2.26. The first kappa shape index (κ1) is 24.1. The topological polar surface area (TPSA) is 83.6 Å². The number of aryl methyl sites for hydroxylation is 2. The SMILES string of the molecule is Cc1ccc(S(=O)(=O)N(CC(=O)NCc2cc(C=O)ccc2F)c2cccc(C)c2C)cc1. The van der Waals surface area contributed by atoms with E-state index in [-0.39, 0.29) is 22.6 Å². The smallest absolute Gasteiger partial charge is 0.264 e. The van der Waals surface area contributed by atoms with Crippen molar-refractivity contribution in [1.82, 2.24) is 5.32 Å². The van der Waals surface area contributed by atoms with Crippen molar-refractivity contribution >= 4 is 27.9 Å². The van der Waals surface area contributed by atoms with Crippen LogP contribution in [0, 0.1) is 26.6 Å². The minimum atomic E-state index is -4.05. The average Bonchev–Trinajstić information content (AvgIpc) is 2.79. The van der Waals surface area contributed by atoms with Gasteiger partial charge in [0, 0.05) is 17.7 Å². The Labute approximate surface area is 193 Å². The molecular weight excluding hydrogens is 443 g/mol. The van der Waals surface area contributed by atoms with Gasteiger partial charge in [-0.25, -0.2) is 12.8 Å². The first-order chi connectivity index (χ1) is 15.6. The first-order valence-electron chi connectivity index (χ1n) is 10.3.